The van der Waals surface area contributed by atoms with E-state index in [1.165, 1.54) is 2.95 Å². The van der Waals surface area contributed by atoms with Crippen LogP contribution in [-0.4, -0.2) is 25.9 Å². The average molecular weight is 293 g/mol. The molecule has 4 nitrogen and oxygen atoms in total. The topological polar surface area (TPSA) is 45.4 Å². The number of halogens is 1. The fourth-order valence-corrected chi connectivity index (χ4v) is 1.12. The van der Waals surface area contributed by atoms with Crippen molar-refractivity contribution in [1.82, 2.24) is 4.98 Å². The van der Waals surface area contributed by atoms with Gasteiger partial charge in [-0.05, 0) is 12.1 Å². The van der Waals surface area contributed by atoms with Crippen LogP contribution in [0.3, 0.4) is 0 Å². The molecule has 0 radical (unpaired) electrons. The van der Waals surface area contributed by atoms with Gasteiger partial charge in [-0.3, -0.25) is 4.84 Å². The first-order valence-corrected chi connectivity index (χ1v) is 4.61. The highest BCUT2D eigenvalue weighted by atomic mass is 127. The third-order valence-corrected chi connectivity index (χ3v) is 2.67. The van der Waals surface area contributed by atoms with Crippen LogP contribution in [0, 0.1) is 0 Å². The third kappa shape index (κ3) is 2.30. The maximum absolute atomic E-state index is 9.46. The van der Waals surface area contributed by atoms with Crippen LogP contribution in [0.25, 0.3) is 0 Å². The Kier molecular flexibility index (Phi) is 3.47. The minimum absolute atomic E-state index is 0.152. The lowest BCUT2D eigenvalue weighted by molar-refractivity contribution is -0.618. The Morgan fingerprint density at radius 1 is 1.69 bits per heavy atom. The van der Waals surface area contributed by atoms with E-state index in [0.29, 0.717) is 5.69 Å². The Bertz CT molecular complexity index is 339. The molecule has 0 aliphatic heterocycles. The van der Waals surface area contributed by atoms with E-state index < -0.39 is 0 Å². The van der Waals surface area contributed by atoms with Crippen LogP contribution < -0.4 is 0 Å². The van der Waals surface area contributed by atoms with Crippen LogP contribution in [0.5, 0.6) is 5.75 Å². The van der Waals surface area contributed by atoms with Crippen molar-refractivity contribution < 1.29 is 12.9 Å². The summed E-state index contributed by atoms with van der Waals surface area (Å²) in [6.45, 7) is 1.82. The number of hydrogen-bond donors (Lipinski definition) is 1. The van der Waals surface area contributed by atoms with Gasteiger partial charge in [0.05, 0.1) is 0 Å². The van der Waals surface area contributed by atoms with Crippen LogP contribution in [0.2, 0.25) is 0 Å². The van der Waals surface area contributed by atoms with E-state index in [0.717, 1.165) is 5.71 Å². The first-order valence-electron chi connectivity index (χ1n) is 3.64. The molecular weight excluding hydrogens is 283 g/mol. The van der Waals surface area contributed by atoms with E-state index in [1.54, 1.807) is 25.4 Å². The standard InChI is InChI=1S/C8H9IN2O2/c1-6(11(9)13-2)8-7(12)4-3-5-10-8/h3-5H,1-2H3/p+1. The summed E-state index contributed by atoms with van der Waals surface area (Å²) < 4.78 is 1.51. The van der Waals surface area contributed by atoms with Gasteiger partial charge in [0.2, 0.25) is 0 Å². The first kappa shape index (κ1) is 10.2. The number of nitrogens with zero attached hydrogens (tertiary/aromatic N) is 2. The van der Waals surface area contributed by atoms with Crippen LogP contribution in [-0.2, 0) is 4.84 Å². The fourth-order valence-electron chi connectivity index (χ4n) is 0.896. The summed E-state index contributed by atoms with van der Waals surface area (Å²) in [4.78, 5) is 8.99. The van der Waals surface area contributed by atoms with Gasteiger partial charge in [0, 0.05) is 16.1 Å². The summed E-state index contributed by atoms with van der Waals surface area (Å²) in [5, 5.41) is 9.46. The molecule has 0 aliphatic rings. The Hall–Kier alpha value is -0.850. The predicted octanol–water partition coefficient (Wildman–Crippen LogP) is 1.52. The maximum Gasteiger partial charge on any atom is 0.407 e. The van der Waals surface area contributed by atoms with Gasteiger partial charge in [-0.25, -0.2) is 4.98 Å². The molecule has 0 amide bonds. The summed E-state index contributed by atoms with van der Waals surface area (Å²) in [5.41, 5.74) is 1.28. The number of aromatic hydroxyl groups is 1. The normalized spacial score (nSPS) is 12.2. The molecular formula is C8H10IN2O2+. The van der Waals surface area contributed by atoms with Crippen molar-refractivity contribution in [2.24, 2.45) is 0 Å². The van der Waals surface area contributed by atoms with Crippen molar-refractivity contribution in [2.75, 3.05) is 7.11 Å². The largest absolute Gasteiger partial charge is 0.505 e. The van der Waals surface area contributed by atoms with Gasteiger partial charge in [0.1, 0.15) is 12.9 Å². The van der Waals surface area contributed by atoms with Crippen molar-refractivity contribution in [3.05, 3.63) is 24.0 Å². The summed E-state index contributed by atoms with van der Waals surface area (Å²) in [5.74, 6) is 0.152. The molecule has 0 aliphatic carbocycles. The molecule has 5 heteroatoms. The second kappa shape index (κ2) is 4.40. The molecule has 1 N–H and O–H groups in total. The number of rotatable bonds is 2. The van der Waals surface area contributed by atoms with Crippen LogP contribution in [0.4, 0.5) is 0 Å². The molecule has 70 valence electrons. The van der Waals surface area contributed by atoms with E-state index in [2.05, 4.69) is 4.98 Å². The van der Waals surface area contributed by atoms with Gasteiger partial charge in [-0.2, -0.15) is 0 Å². The molecule has 1 aromatic heterocycles. The van der Waals surface area contributed by atoms with E-state index in [4.69, 9.17) is 4.84 Å². The lowest BCUT2D eigenvalue weighted by Gasteiger charge is -1.98. The van der Waals surface area contributed by atoms with Crippen molar-refractivity contribution in [3.63, 3.8) is 0 Å². The Labute approximate surface area is 90.3 Å². The molecule has 0 atom stereocenters. The van der Waals surface area contributed by atoms with Gasteiger partial charge in [-0.15, -0.1) is 0 Å². The predicted molar refractivity (Wildman–Crippen MR) is 57.0 cm³/mol. The third-order valence-electron chi connectivity index (χ3n) is 1.55. The Balaban J connectivity index is 3.16. The molecule has 0 bridgehead atoms. The summed E-state index contributed by atoms with van der Waals surface area (Å²) in [6, 6.07) is 3.27. The molecule has 0 unspecified atom stereocenters. The molecule has 0 saturated heterocycles. The monoisotopic (exact) mass is 293 g/mol. The maximum atomic E-state index is 9.46. The number of hydrogen-bond acceptors (Lipinski definition) is 3. The molecule has 1 rings (SSSR count). The molecule has 0 spiro atoms. The average Bonchev–Trinajstić information content (AvgIpc) is 2.16. The quantitative estimate of drug-likeness (QED) is 0.389. The van der Waals surface area contributed by atoms with Crippen molar-refractivity contribution in [1.29, 1.82) is 0 Å². The summed E-state index contributed by atoms with van der Waals surface area (Å²) in [6.07, 6.45) is 1.62. The molecule has 0 fully saturated rings. The minimum Gasteiger partial charge on any atom is -0.505 e. The molecule has 0 saturated carbocycles. The lowest BCUT2D eigenvalue weighted by atomic mass is 10.2. The van der Waals surface area contributed by atoms with E-state index >= 15 is 0 Å². The highest BCUT2D eigenvalue weighted by Crippen LogP contribution is 2.14. The van der Waals surface area contributed by atoms with Crippen molar-refractivity contribution in [3.8, 4) is 5.75 Å². The van der Waals surface area contributed by atoms with Gasteiger partial charge in [-0.1, -0.05) is 0 Å². The molecule has 13 heavy (non-hydrogen) atoms. The molecule has 1 aromatic rings. The van der Waals surface area contributed by atoms with Crippen LogP contribution in [0.1, 0.15) is 12.6 Å². The van der Waals surface area contributed by atoms with Crippen molar-refractivity contribution in [2.45, 2.75) is 6.92 Å². The highest BCUT2D eigenvalue weighted by Gasteiger charge is 2.16. The zero-order valence-electron chi connectivity index (χ0n) is 7.36. The van der Waals surface area contributed by atoms with Crippen LogP contribution in [0.15, 0.2) is 18.3 Å². The minimum atomic E-state index is 0.152. The van der Waals surface area contributed by atoms with E-state index in [1.807, 2.05) is 29.8 Å². The Morgan fingerprint density at radius 3 is 2.92 bits per heavy atom. The van der Waals surface area contributed by atoms with Gasteiger partial charge < -0.3 is 5.11 Å². The van der Waals surface area contributed by atoms with Crippen LogP contribution >= 0.6 is 22.9 Å². The van der Waals surface area contributed by atoms with Gasteiger partial charge in [0.15, 0.2) is 5.69 Å². The van der Waals surface area contributed by atoms with Gasteiger partial charge >= 0.3 is 22.9 Å². The fraction of sp³-hybridized carbons (Fsp3) is 0.250. The van der Waals surface area contributed by atoms with Gasteiger partial charge in [0.25, 0.3) is 5.71 Å². The molecule has 0 aromatic carbocycles. The summed E-state index contributed by atoms with van der Waals surface area (Å²) >= 11 is 1.97. The smallest absolute Gasteiger partial charge is 0.407 e. The zero-order chi connectivity index (χ0) is 9.84. The SMILES string of the molecule is CO[N+](I)=C(C)c1ncccc1O. The second-order valence-corrected chi connectivity index (χ2v) is 3.26. The summed E-state index contributed by atoms with van der Waals surface area (Å²) in [7, 11) is 1.55. The Morgan fingerprint density at radius 2 is 2.38 bits per heavy atom. The van der Waals surface area contributed by atoms with E-state index in [9.17, 15) is 5.11 Å². The van der Waals surface area contributed by atoms with E-state index in [-0.39, 0.29) is 5.75 Å². The first-order chi connectivity index (χ1) is 6.16. The second-order valence-electron chi connectivity index (χ2n) is 2.38. The number of pyridine rings is 1. The zero-order valence-corrected chi connectivity index (χ0v) is 9.52. The molecule has 1 heterocycles. The van der Waals surface area contributed by atoms with Crippen molar-refractivity contribution >= 4 is 28.6 Å². The lowest BCUT2D eigenvalue weighted by Crippen LogP contribution is -2.10. The number of aromatic nitrogens is 1. The highest BCUT2D eigenvalue weighted by molar-refractivity contribution is 14.1.